The van der Waals surface area contributed by atoms with Crippen molar-refractivity contribution in [3.63, 3.8) is 0 Å². The molecule has 2 rings (SSSR count). The molecule has 5 heteroatoms. The Hall–Kier alpha value is -1.00. The molecule has 0 saturated heterocycles. The number of rotatable bonds is 1. The van der Waals surface area contributed by atoms with Crippen molar-refractivity contribution in [3.05, 3.63) is 46.2 Å². The van der Waals surface area contributed by atoms with Gasteiger partial charge in [0.25, 0.3) is 0 Å². The third-order valence-electron chi connectivity index (χ3n) is 1.88. The molecule has 0 aliphatic heterocycles. The van der Waals surface area contributed by atoms with Gasteiger partial charge >= 0.3 is 0 Å². The van der Waals surface area contributed by atoms with Gasteiger partial charge in [-0.15, -0.1) is 0 Å². The van der Waals surface area contributed by atoms with Crippen molar-refractivity contribution in [2.75, 3.05) is 0 Å². The molecule has 0 unspecified atom stereocenters. The van der Waals surface area contributed by atoms with Crippen molar-refractivity contribution in [1.82, 2.24) is 9.97 Å². The standard InChI is InChI=1S/C10H5BrClFN2/c11-10-8(4-14-5-15-10)7-3-6(13)1-2-9(7)12/h1-5H. The van der Waals surface area contributed by atoms with Crippen molar-refractivity contribution in [3.8, 4) is 11.1 Å². The third-order valence-corrected chi connectivity index (χ3v) is 2.84. The molecule has 0 N–H and O–H groups in total. The molecule has 2 aromatic rings. The van der Waals surface area contributed by atoms with E-state index in [0.29, 0.717) is 20.8 Å². The van der Waals surface area contributed by atoms with E-state index in [4.69, 9.17) is 11.6 Å². The highest BCUT2D eigenvalue weighted by Crippen LogP contribution is 2.31. The number of hydrogen-bond donors (Lipinski definition) is 0. The second kappa shape index (κ2) is 4.24. The predicted octanol–water partition coefficient (Wildman–Crippen LogP) is 3.70. The summed E-state index contributed by atoms with van der Waals surface area (Å²) in [5.74, 6) is -0.342. The summed E-state index contributed by atoms with van der Waals surface area (Å²) in [6.07, 6.45) is 2.98. The fraction of sp³-hybridized carbons (Fsp3) is 0. The molecule has 1 heterocycles. The summed E-state index contributed by atoms with van der Waals surface area (Å²) < 4.78 is 13.6. The maximum absolute atomic E-state index is 13.0. The molecule has 76 valence electrons. The summed E-state index contributed by atoms with van der Waals surface area (Å²) in [4.78, 5) is 7.82. The molecular weight excluding hydrogens is 282 g/mol. The molecule has 0 aliphatic rings. The Kier molecular flexibility index (Phi) is 2.98. The average molecular weight is 288 g/mol. The molecule has 1 aromatic heterocycles. The van der Waals surface area contributed by atoms with Gasteiger partial charge in [0, 0.05) is 22.3 Å². The van der Waals surface area contributed by atoms with Crippen LogP contribution in [-0.2, 0) is 0 Å². The fourth-order valence-electron chi connectivity index (χ4n) is 1.20. The third kappa shape index (κ3) is 2.16. The minimum atomic E-state index is -0.342. The Bertz CT molecular complexity index is 505. The normalized spacial score (nSPS) is 10.3. The molecule has 0 fully saturated rings. The van der Waals surface area contributed by atoms with Crippen LogP contribution in [0.2, 0.25) is 5.02 Å². The topological polar surface area (TPSA) is 25.8 Å². The Morgan fingerprint density at radius 2 is 2.07 bits per heavy atom. The van der Waals surface area contributed by atoms with Crippen molar-refractivity contribution >= 4 is 27.5 Å². The van der Waals surface area contributed by atoms with E-state index in [1.807, 2.05) is 0 Å². The second-order valence-corrected chi connectivity index (χ2v) is 4.01. The van der Waals surface area contributed by atoms with E-state index < -0.39 is 0 Å². The SMILES string of the molecule is Fc1ccc(Cl)c(-c2cncnc2Br)c1. The van der Waals surface area contributed by atoms with Crippen LogP contribution in [-0.4, -0.2) is 9.97 Å². The highest BCUT2D eigenvalue weighted by molar-refractivity contribution is 9.10. The molecule has 0 amide bonds. The fourth-order valence-corrected chi connectivity index (χ4v) is 1.83. The Balaban J connectivity index is 2.64. The molecule has 2 nitrogen and oxygen atoms in total. The first kappa shape index (κ1) is 10.5. The number of hydrogen-bond acceptors (Lipinski definition) is 2. The molecule has 0 radical (unpaired) electrons. The van der Waals surface area contributed by atoms with E-state index in [1.54, 1.807) is 6.20 Å². The van der Waals surface area contributed by atoms with Gasteiger partial charge in [0.1, 0.15) is 16.7 Å². The van der Waals surface area contributed by atoms with Gasteiger partial charge in [-0.1, -0.05) is 11.6 Å². The largest absolute Gasteiger partial charge is 0.244 e. The molecule has 0 spiro atoms. The Labute approximate surface area is 99.3 Å². The second-order valence-electron chi connectivity index (χ2n) is 2.85. The van der Waals surface area contributed by atoms with Gasteiger partial charge in [-0.3, -0.25) is 0 Å². The number of benzene rings is 1. The van der Waals surface area contributed by atoms with Crippen LogP contribution in [0.15, 0.2) is 35.3 Å². The summed E-state index contributed by atoms with van der Waals surface area (Å²) in [7, 11) is 0. The van der Waals surface area contributed by atoms with Crippen LogP contribution in [0.25, 0.3) is 11.1 Å². The lowest BCUT2D eigenvalue weighted by Crippen LogP contribution is -1.87. The van der Waals surface area contributed by atoms with Crippen molar-refractivity contribution in [2.45, 2.75) is 0 Å². The molecule has 0 atom stereocenters. The first-order valence-corrected chi connectivity index (χ1v) is 5.26. The van der Waals surface area contributed by atoms with Gasteiger partial charge in [-0.25, -0.2) is 14.4 Å². The van der Waals surface area contributed by atoms with Gasteiger partial charge in [-0.2, -0.15) is 0 Å². The zero-order chi connectivity index (χ0) is 10.8. The van der Waals surface area contributed by atoms with E-state index in [-0.39, 0.29) is 5.82 Å². The van der Waals surface area contributed by atoms with Gasteiger partial charge in [0.15, 0.2) is 0 Å². The monoisotopic (exact) mass is 286 g/mol. The molecule has 0 bridgehead atoms. The maximum atomic E-state index is 13.0. The van der Waals surface area contributed by atoms with Crippen molar-refractivity contribution in [2.24, 2.45) is 0 Å². The number of aromatic nitrogens is 2. The lowest BCUT2D eigenvalue weighted by atomic mass is 10.1. The predicted molar refractivity (Wildman–Crippen MR) is 60.1 cm³/mol. The maximum Gasteiger partial charge on any atom is 0.123 e. The van der Waals surface area contributed by atoms with Gasteiger partial charge < -0.3 is 0 Å². The first-order valence-electron chi connectivity index (χ1n) is 4.09. The average Bonchev–Trinajstić information content (AvgIpc) is 2.23. The summed E-state index contributed by atoms with van der Waals surface area (Å²) >= 11 is 9.22. The van der Waals surface area contributed by atoms with Crippen molar-refractivity contribution < 1.29 is 4.39 Å². The summed E-state index contributed by atoms with van der Waals surface area (Å²) in [6.45, 7) is 0. The summed E-state index contributed by atoms with van der Waals surface area (Å²) in [6, 6.07) is 4.17. The van der Waals surface area contributed by atoms with E-state index in [9.17, 15) is 4.39 Å². The van der Waals surface area contributed by atoms with Crippen LogP contribution < -0.4 is 0 Å². The molecule has 15 heavy (non-hydrogen) atoms. The van der Waals surface area contributed by atoms with Crippen LogP contribution in [0.3, 0.4) is 0 Å². The van der Waals surface area contributed by atoms with Crippen molar-refractivity contribution in [1.29, 1.82) is 0 Å². The van der Waals surface area contributed by atoms with Crippen LogP contribution in [0, 0.1) is 5.82 Å². The highest BCUT2D eigenvalue weighted by atomic mass is 79.9. The summed E-state index contributed by atoms with van der Waals surface area (Å²) in [5.41, 5.74) is 1.24. The molecule has 0 aliphatic carbocycles. The van der Waals surface area contributed by atoms with Crippen LogP contribution in [0.4, 0.5) is 4.39 Å². The van der Waals surface area contributed by atoms with Gasteiger partial charge in [0.2, 0.25) is 0 Å². The Morgan fingerprint density at radius 1 is 1.27 bits per heavy atom. The van der Waals surface area contributed by atoms with E-state index in [1.165, 1.54) is 24.5 Å². The zero-order valence-corrected chi connectivity index (χ0v) is 9.76. The van der Waals surface area contributed by atoms with Crippen LogP contribution >= 0.6 is 27.5 Å². The number of nitrogens with zero attached hydrogens (tertiary/aromatic N) is 2. The molecule has 0 saturated carbocycles. The quantitative estimate of drug-likeness (QED) is 0.747. The van der Waals surface area contributed by atoms with E-state index >= 15 is 0 Å². The van der Waals surface area contributed by atoms with E-state index in [2.05, 4.69) is 25.9 Å². The smallest absolute Gasteiger partial charge is 0.123 e. The van der Waals surface area contributed by atoms with Crippen LogP contribution in [0.1, 0.15) is 0 Å². The molecule has 1 aromatic carbocycles. The minimum absolute atomic E-state index is 0.342. The lowest BCUT2D eigenvalue weighted by molar-refractivity contribution is 0.628. The van der Waals surface area contributed by atoms with E-state index in [0.717, 1.165) is 0 Å². The number of halogens is 3. The highest BCUT2D eigenvalue weighted by Gasteiger charge is 2.09. The van der Waals surface area contributed by atoms with Crippen LogP contribution in [0.5, 0.6) is 0 Å². The molecular formula is C10H5BrClFN2. The minimum Gasteiger partial charge on any atom is -0.244 e. The Morgan fingerprint density at radius 3 is 2.80 bits per heavy atom. The zero-order valence-electron chi connectivity index (χ0n) is 7.42. The first-order chi connectivity index (χ1) is 7.18. The lowest BCUT2D eigenvalue weighted by Gasteiger charge is -2.05. The summed E-state index contributed by atoms with van der Waals surface area (Å²) in [5, 5.41) is 0.465. The van der Waals surface area contributed by atoms with Gasteiger partial charge in [-0.05, 0) is 34.1 Å². The van der Waals surface area contributed by atoms with Gasteiger partial charge in [0.05, 0.1) is 0 Å².